The van der Waals surface area contributed by atoms with Crippen LogP contribution in [0.15, 0.2) is 18.2 Å². The first kappa shape index (κ1) is 14.3. The molecule has 2 nitrogen and oxygen atoms in total. The van der Waals surface area contributed by atoms with Crippen molar-refractivity contribution >= 4 is 5.69 Å². The Labute approximate surface area is 115 Å². The van der Waals surface area contributed by atoms with Gasteiger partial charge in [-0.1, -0.05) is 26.8 Å². The lowest BCUT2D eigenvalue weighted by molar-refractivity contribution is -0.0324. The molecule has 2 unspecified atom stereocenters. The van der Waals surface area contributed by atoms with Gasteiger partial charge in [-0.2, -0.15) is 0 Å². The van der Waals surface area contributed by atoms with Gasteiger partial charge in [0.25, 0.3) is 0 Å². The number of nitrogen functional groups attached to an aromatic ring is 1. The summed E-state index contributed by atoms with van der Waals surface area (Å²) in [4.78, 5) is 0. The van der Waals surface area contributed by atoms with Gasteiger partial charge in [-0.3, -0.25) is 0 Å². The molecule has 0 radical (unpaired) electrons. The zero-order chi connectivity index (χ0) is 14.0. The Hall–Kier alpha value is -1.09. The predicted octanol–water partition coefficient (Wildman–Crippen LogP) is 4.14. The first-order valence-corrected chi connectivity index (χ1v) is 7.01. The number of hydrogen-bond donors (Lipinski definition) is 1. The lowest BCUT2D eigenvalue weighted by Gasteiger charge is -2.38. The van der Waals surface area contributed by atoms with Crippen molar-refractivity contribution < 1.29 is 9.13 Å². The van der Waals surface area contributed by atoms with E-state index in [0.717, 1.165) is 12.8 Å². The molecule has 0 saturated heterocycles. The molecule has 19 heavy (non-hydrogen) atoms. The highest BCUT2D eigenvalue weighted by Crippen LogP contribution is 2.39. The second-order valence-corrected chi connectivity index (χ2v) is 6.70. The van der Waals surface area contributed by atoms with Gasteiger partial charge < -0.3 is 10.5 Å². The van der Waals surface area contributed by atoms with E-state index in [0.29, 0.717) is 29.2 Å². The van der Waals surface area contributed by atoms with Crippen molar-refractivity contribution in [2.45, 2.75) is 52.7 Å². The van der Waals surface area contributed by atoms with Gasteiger partial charge in [-0.25, -0.2) is 4.39 Å². The minimum Gasteiger partial charge on any atom is -0.399 e. The van der Waals surface area contributed by atoms with E-state index in [1.165, 1.54) is 12.5 Å². The van der Waals surface area contributed by atoms with Crippen LogP contribution in [-0.2, 0) is 11.3 Å². The van der Waals surface area contributed by atoms with E-state index in [-0.39, 0.29) is 11.9 Å². The van der Waals surface area contributed by atoms with E-state index in [2.05, 4.69) is 20.8 Å². The van der Waals surface area contributed by atoms with Crippen LogP contribution in [-0.4, -0.2) is 6.10 Å². The lowest BCUT2D eigenvalue weighted by atomic mass is 9.71. The first-order chi connectivity index (χ1) is 8.85. The van der Waals surface area contributed by atoms with Crippen LogP contribution in [0.2, 0.25) is 0 Å². The Morgan fingerprint density at radius 2 is 2.11 bits per heavy atom. The number of benzene rings is 1. The highest BCUT2D eigenvalue weighted by molar-refractivity contribution is 5.40. The molecule has 1 fully saturated rings. The minimum atomic E-state index is -0.275. The van der Waals surface area contributed by atoms with Crippen molar-refractivity contribution in [3.8, 4) is 0 Å². The third-order valence-corrected chi connectivity index (χ3v) is 3.90. The van der Waals surface area contributed by atoms with Crippen LogP contribution in [0.3, 0.4) is 0 Å². The molecule has 0 bridgehead atoms. The molecule has 0 spiro atoms. The number of nitrogens with two attached hydrogens (primary N) is 1. The number of rotatable bonds is 3. The third kappa shape index (κ3) is 3.93. The van der Waals surface area contributed by atoms with Crippen molar-refractivity contribution in [1.82, 2.24) is 0 Å². The first-order valence-electron chi connectivity index (χ1n) is 7.01. The Morgan fingerprint density at radius 3 is 2.74 bits per heavy atom. The fraction of sp³-hybridized carbons (Fsp3) is 0.625. The van der Waals surface area contributed by atoms with Gasteiger partial charge in [0.05, 0.1) is 12.7 Å². The molecule has 2 N–H and O–H groups in total. The second-order valence-electron chi connectivity index (χ2n) is 6.70. The fourth-order valence-electron chi connectivity index (χ4n) is 3.27. The maximum atomic E-state index is 13.7. The number of ether oxygens (including phenoxy) is 1. The maximum absolute atomic E-state index is 13.7. The van der Waals surface area contributed by atoms with Crippen molar-refractivity contribution in [3.63, 3.8) is 0 Å². The number of anilines is 1. The van der Waals surface area contributed by atoms with Gasteiger partial charge >= 0.3 is 0 Å². The molecule has 2 atom stereocenters. The van der Waals surface area contributed by atoms with Gasteiger partial charge in [-0.15, -0.1) is 0 Å². The summed E-state index contributed by atoms with van der Waals surface area (Å²) >= 11 is 0. The Balaban J connectivity index is 1.95. The van der Waals surface area contributed by atoms with E-state index in [1.54, 1.807) is 12.1 Å². The molecule has 1 saturated carbocycles. The largest absolute Gasteiger partial charge is 0.399 e. The van der Waals surface area contributed by atoms with Gasteiger partial charge in [0.2, 0.25) is 0 Å². The summed E-state index contributed by atoms with van der Waals surface area (Å²) in [5.74, 6) is 0.396. The highest BCUT2D eigenvalue weighted by Gasteiger charge is 2.32. The summed E-state index contributed by atoms with van der Waals surface area (Å²) in [5.41, 5.74) is 6.90. The Kier molecular flexibility index (Phi) is 4.14. The molecular formula is C16H24FNO. The number of halogens is 1. The van der Waals surface area contributed by atoms with Gasteiger partial charge in [0.15, 0.2) is 0 Å². The Morgan fingerprint density at radius 1 is 1.37 bits per heavy atom. The van der Waals surface area contributed by atoms with Crippen LogP contribution in [0, 0.1) is 17.2 Å². The summed E-state index contributed by atoms with van der Waals surface area (Å²) in [6.45, 7) is 7.16. The third-order valence-electron chi connectivity index (χ3n) is 3.90. The lowest BCUT2D eigenvalue weighted by Crippen LogP contribution is -2.32. The average molecular weight is 265 g/mol. The monoisotopic (exact) mass is 265 g/mol. The smallest absolute Gasteiger partial charge is 0.130 e. The van der Waals surface area contributed by atoms with E-state index in [4.69, 9.17) is 10.5 Å². The molecule has 0 heterocycles. The maximum Gasteiger partial charge on any atom is 0.130 e. The minimum absolute atomic E-state index is 0.232. The molecule has 3 heteroatoms. The van der Waals surface area contributed by atoms with E-state index < -0.39 is 0 Å². The van der Waals surface area contributed by atoms with Crippen LogP contribution in [0.5, 0.6) is 0 Å². The van der Waals surface area contributed by atoms with E-state index in [9.17, 15) is 4.39 Å². The zero-order valence-electron chi connectivity index (χ0n) is 12.1. The second kappa shape index (κ2) is 5.49. The summed E-state index contributed by atoms with van der Waals surface area (Å²) in [7, 11) is 0. The van der Waals surface area contributed by atoms with Crippen molar-refractivity contribution in [1.29, 1.82) is 0 Å². The van der Waals surface area contributed by atoms with Crippen LogP contribution >= 0.6 is 0 Å². The summed E-state index contributed by atoms with van der Waals surface area (Å²) < 4.78 is 19.6. The highest BCUT2D eigenvalue weighted by atomic mass is 19.1. The van der Waals surface area contributed by atoms with Crippen LogP contribution < -0.4 is 5.73 Å². The van der Waals surface area contributed by atoms with Gasteiger partial charge in [0, 0.05) is 11.3 Å². The molecule has 0 aromatic heterocycles. The van der Waals surface area contributed by atoms with Crippen LogP contribution in [0.4, 0.5) is 10.1 Å². The summed E-state index contributed by atoms with van der Waals surface area (Å²) in [5, 5.41) is 0. The van der Waals surface area contributed by atoms with Crippen molar-refractivity contribution in [3.05, 3.63) is 29.6 Å². The summed E-state index contributed by atoms with van der Waals surface area (Å²) in [6.07, 6.45) is 3.59. The van der Waals surface area contributed by atoms with Crippen molar-refractivity contribution in [2.24, 2.45) is 11.3 Å². The topological polar surface area (TPSA) is 35.2 Å². The van der Waals surface area contributed by atoms with Crippen molar-refractivity contribution in [2.75, 3.05) is 5.73 Å². The van der Waals surface area contributed by atoms with E-state index in [1.807, 2.05) is 0 Å². The molecule has 106 valence electrons. The molecule has 0 amide bonds. The summed E-state index contributed by atoms with van der Waals surface area (Å²) in [6, 6.07) is 4.78. The quantitative estimate of drug-likeness (QED) is 0.834. The van der Waals surface area contributed by atoms with E-state index >= 15 is 0 Å². The molecule has 1 aromatic carbocycles. The van der Waals surface area contributed by atoms with Crippen LogP contribution in [0.1, 0.15) is 45.6 Å². The van der Waals surface area contributed by atoms with Gasteiger partial charge in [-0.05, 0) is 42.7 Å². The SMILES string of the molecule is CC1CC(OCc2ccc(N)cc2F)CC(C)(C)C1. The molecular weight excluding hydrogens is 241 g/mol. The normalized spacial score (nSPS) is 26.3. The molecule has 1 aromatic rings. The average Bonchev–Trinajstić information content (AvgIpc) is 2.25. The standard InChI is InChI=1S/C16H24FNO/c1-11-6-14(9-16(2,3)8-11)19-10-12-4-5-13(18)7-15(12)17/h4-5,7,11,14H,6,8-10,18H2,1-3H3. The Bertz CT molecular complexity index is 444. The molecule has 1 aliphatic carbocycles. The molecule has 0 aliphatic heterocycles. The van der Waals surface area contributed by atoms with Crippen LogP contribution in [0.25, 0.3) is 0 Å². The van der Waals surface area contributed by atoms with Gasteiger partial charge in [0.1, 0.15) is 5.82 Å². The zero-order valence-corrected chi connectivity index (χ0v) is 12.1. The molecule has 2 rings (SSSR count). The number of hydrogen-bond acceptors (Lipinski definition) is 2. The molecule has 1 aliphatic rings. The predicted molar refractivity (Wildman–Crippen MR) is 76.2 cm³/mol. The fourth-order valence-corrected chi connectivity index (χ4v) is 3.27.